The number of rotatable bonds is 10. The van der Waals surface area contributed by atoms with Gasteiger partial charge in [-0.1, -0.05) is 13.8 Å². The first-order valence-electron chi connectivity index (χ1n) is 8.71. The van der Waals surface area contributed by atoms with Gasteiger partial charge in [-0.05, 0) is 18.9 Å². The lowest BCUT2D eigenvalue weighted by molar-refractivity contribution is -0.0562. The molecule has 0 aliphatic carbocycles. The number of hydrogen-bond acceptors (Lipinski definition) is 10. The molecule has 4 unspecified atom stereocenters. The van der Waals surface area contributed by atoms with Crippen molar-refractivity contribution in [2.45, 2.75) is 51.2 Å². The molecule has 0 spiro atoms. The summed E-state index contributed by atoms with van der Waals surface area (Å²) in [5, 5.41) is 20.4. The molecule has 2 rings (SSSR count). The molecular formula is C15H26N3O8P. The summed E-state index contributed by atoms with van der Waals surface area (Å²) in [7, 11) is -3.83. The highest BCUT2D eigenvalue weighted by molar-refractivity contribution is 7.48. The number of aliphatic hydroxyl groups excluding tert-OH is 2. The van der Waals surface area contributed by atoms with Crippen LogP contribution in [0.2, 0.25) is 0 Å². The number of aromatic nitrogens is 2. The number of nitrogen functional groups attached to an aromatic ring is 1. The van der Waals surface area contributed by atoms with Gasteiger partial charge in [-0.3, -0.25) is 18.1 Å². The molecule has 0 radical (unpaired) electrons. The van der Waals surface area contributed by atoms with Crippen molar-refractivity contribution in [2.24, 2.45) is 0 Å². The number of aliphatic hydroxyl groups is 2. The Balaban J connectivity index is 2.06. The predicted octanol–water partition coefficient (Wildman–Crippen LogP) is 0.423. The minimum absolute atomic E-state index is 0.0197. The lowest BCUT2D eigenvalue weighted by atomic mass is 10.1. The summed E-state index contributed by atoms with van der Waals surface area (Å²) >= 11 is 0. The Kier molecular flexibility index (Phi) is 7.92. The highest BCUT2D eigenvalue weighted by atomic mass is 31.2. The van der Waals surface area contributed by atoms with E-state index in [9.17, 15) is 19.6 Å². The van der Waals surface area contributed by atoms with Crippen LogP contribution in [-0.4, -0.2) is 57.9 Å². The average Bonchev–Trinajstić information content (AvgIpc) is 2.92. The molecule has 1 aliphatic rings. The average molecular weight is 407 g/mol. The molecule has 11 nitrogen and oxygen atoms in total. The fourth-order valence-corrected chi connectivity index (χ4v) is 3.76. The molecular weight excluding hydrogens is 381 g/mol. The number of phosphoric acid groups is 1. The highest BCUT2D eigenvalue weighted by Crippen LogP contribution is 2.50. The Morgan fingerprint density at radius 3 is 2.41 bits per heavy atom. The third-order valence-corrected chi connectivity index (χ3v) is 5.23. The van der Waals surface area contributed by atoms with Gasteiger partial charge in [0.15, 0.2) is 6.23 Å². The lowest BCUT2D eigenvalue weighted by Gasteiger charge is -2.20. The molecule has 27 heavy (non-hydrogen) atoms. The van der Waals surface area contributed by atoms with Gasteiger partial charge in [0.2, 0.25) is 0 Å². The fraction of sp³-hybridized carbons (Fsp3) is 0.733. The van der Waals surface area contributed by atoms with Crippen molar-refractivity contribution < 1.29 is 33.1 Å². The topological polar surface area (TPSA) is 155 Å². The van der Waals surface area contributed by atoms with Crippen molar-refractivity contribution in [2.75, 3.05) is 25.6 Å². The van der Waals surface area contributed by atoms with Crippen LogP contribution in [-0.2, 0) is 22.9 Å². The highest BCUT2D eigenvalue weighted by Gasteiger charge is 2.45. The third kappa shape index (κ3) is 5.58. The smallest absolute Gasteiger partial charge is 0.387 e. The van der Waals surface area contributed by atoms with E-state index in [1.807, 2.05) is 13.8 Å². The molecule has 1 fully saturated rings. The third-order valence-electron chi connectivity index (χ3n) is 3.77. The van der Waals surface area contributed by atoms with Crippen LogP contribution in [0, 0.1) is 0 Å². The monoisotopic (exact) mass is 407 g/mol. The van der Waals surface area contributed by atoms with Crippen LogP contribution in [0.25, 0.3) is 0 Å². The van der Waals surface area contributed by atoms with Crippen LogP contribution < -0.4 is 11.4 Å². The lowest BCUT2D eigenvalue weighted by Crippen LogP contribution is -2.36. The van der Waals surface area contributed by atoms with E-state index in [0.717, 1.165) is 4.57 Å². The molecule has 1 saturated heterocycles. The molecule has 1 aromatic rings. The summed E-state index contributed by atoms with van der Waals surface area (Å²) in [5.74, 6) is 0.0197. The van der Waals surface area contributed by atoms with Crippen molar-refractivity contribution >= 4 is 13.6 Å². The van der Waals surface area contributed by atoms with Gasteiger partial charge in [-0.25, -0.2) is 9.36 Å². The van der Waals surface area contributed by atoms with E-state index in [0.29, 0.717) is 12.8 Å². The van der Waals surface area contributed by atoms with Gasteiger partial charge in [-0.15, -0.1) is 0 Å². The molecule has 154 valence electrons. The van der Waals surface area contributed by atoms with Gasteiger partial charge in [-0.2, -0.15) is 4.98 Å². The maximum absolute atomic E-state index is 12.6. The Labute approximate surface area is 156 Å². The van der Waals surface area contributed by atoms with Crippen molar-refractivity contribution in [3.8, 4) is 0 Å². The quantitative estimate of drug-likeness (QED) is 0.465. The molecule has 0 bridgehead atoms. The Bertz CT molecular complexity index is 703. The maximum atomic E-state index is 12.6. The molecule has 4 N–H and O–H groups in total. The Morgan fingerprint density at radius 2 is 1.85 bits per heavy atom. The van der Waals surface area contributed by atoms with Crippen LogP contribution in [0.15, 0.2) is 17.1 Å². The summed E-state index contributed by atoms with van der Waals surface area (Å²) in [4.78, 5) is 15.5. The minimum atomic E-state index is -3.83. The second kappa shape index (κ2) is 9.74. The normalized spacial score (nSPS) is 25.8. The Morgan fingerprint density at radius 1 is 1.22 bits per heavy atom. The van der Waals surface area contributed by atoms with Crippen molar-refractivity contribution in [3.63, 3.8) is 0 Å². The van der Waals surface area contributed by atoms with Crippen LogP contribution in [0.1, 0.15) is 32.9 Å². The van der Waals surface area contributed by atoms with Gasteiger partial charge in [0.05, 0.1) is 19.8 Å². The standard InChI is InChI=1S/C15H26N3O8P/c1-3-7-23-27(22,24-8-4-2)25-9-10-12(19)13(20)14(26-10)18-6-5-11(16)17-15(18)21/h5-6,10,12-14,19-20H,3-4,7-9H2,1-2H3,(H2,16,17,21). The fourth-order valence-electron chi connectivity index (χ4n) is 2.40. The summed E-state index contributed by atoms with van der Waals surface area (Å²) in [6.07, 6.45) is -2.54. The van der Waals surface area contributed by atoms with Gasteiger partial charge in [0.1, 0.15) is 24.1 Å². The van der Waals surface area contributed by atoms with Gasteiger partial charge >= 0.3 is 13.5 Å². The van der Waals surface area contributed by atoms with E-state index in [4.69, 9.17) is 24.0 Å². The van der Waals surface area contributed by atoms with Gasteiger partial charge in [0.25, 0.3) is 0 Å². The van der Waals surface area contributed by atoms with Crippen molar-refractivity contribution in [3.05, 3.63) is 22.7 Å². The maximum Gasteiger partial charge on any atom is 0.474 e. The molecule has 1 aliphatic heterocycles. The number of nitrogens with zero attached hydrogens (tertiary/aromatic N) is 2. The van der Waals surface area contributed by atoms with Crippen LogP contribution in [0.3, 0.4) is 0 Å². The van der Waals surface area contributed by atoms with E-state index < -0.39 is 38.1 Å². The predicted molar refractivity (Wildman–Crippen MR) is 94.9 cm³/mol. The summed E-state index contributed by atoms with van der Waals surface area (Å²) in [6, 6.07) is 1.36. The number of nitrogens with two attached hydrogens (primary N) is 1. The summed E-state index contributed by atoms with van der Waals surface area (Å²) in [5.41, 5.74) is 4.70. The Hall–Kier alpha value is -1.33. The number of hydrogen-bond donors (Lipinski definition) is 3. The second-order valence-electron chi connectivity index (χ2n) is 6.00. The van der Waals surface area contributed by atoms with E-state index in [2.05, 4.69) is 4.98 Å². The molecule has 2 heterocycles. The first kappa shape index (κ1) is 22.0. The van der Waals surface area contributed by atoms with Crippen LogP contribution in [0.5, 0.6) is 0 Å². The largest absolute Gasteiger partial charge is 0.474 e. The number of anilines is 1. The first-order valence-corrected chi connectivity index (χ1v) is 10.2. The molecule has 1 aromatic heterocycles. The first-order chi connectivity index (χ1) is 12.8. The number of ether oxygens (including phenoxy) is 1. The van der Waals surface area contributed by atoms with E-state index in [1.54, 1.807) is 0 Å². The zero-order valence-electron chi connectivity index (χ0n) is 15.3. The van der Waals surface area contributed by atoms with E-state index >= 15 is 0 Å². The molecule has 0 saturated carbocycles. The van der Waals surface area contributed by atoms with Crippen molar-refractivity contribution in [1.82, 2.24) is 9.55 Å². The summed E-state index contributed by atoms with van der Waals surface area (Å²) in [6.45, 7) is 3.66. The molecule has 0 amide bonds. The zero-order valence-corrected chi connectivity index (χ0v) is 16.2. The second-order valence-corrected chi connectivity index (χ2v) is 7.67. The van der Waals surface area contributed by atoms with Crippen LogP contribution in [0.4, 0.5) is 5.82 Å². The minimum Gasteiger partial charge on any atom is -0.387 e. The van der Waals surface area contributed by atoms with Crippen LogP contribution >= 0.6 is 7.82 Å². The van der Waals surface area contributed by atoms with E-state index in [1.165, 1.54) is 12.3 Å². The zero-order chi connectivity index (χ0) is 20.0. The summed E-state index contributed by atoms with van der Waals surface area (Å²) < 4.78 is 34.7. The number of phosphoric ester groups is 1. The SMILES string of the molecule is CCCOP(=O)(OCCC)OCC1OC(n2ccc(N)nc2=O)C(O)C1O. The molecule has 0 aromatic carbocycles. The van der Waals surface area contributed by atoms with E-state index in [-0.39, 0.29) is 25.6 Å². The van der Waals surface area contributed by atoms with Gasteiger partial charge < -0.3 is 20.7 Å². The molecule has 4 atom stereocenters. The molecule has 12 heteroatoms. The van der Waals surface area contributed by atoms with Gasteiger partial charge in [0, 0.05) is 6.20 Å². The van der Waals surface area contributed by atoms with Crippen molar-refractivity contribution in [1.29, 1.82) is 0 Å².